The number of hydrogen-bond acceptors (Lipinski definition) is 3. The Labute approximate surface area is 117 Å². The van der Waals surface area contributed by atoms with Gasteiger partial charge in [0.05, 0.1) is 12.2 Å². The Bertz CT molecular complexity index is 338. The third-order valence-electron chi connectivity index (χ3n) is 4.69. The molecule has 2 atom stereocenters. The summed E-state index contributed by atoms with van der Waals surface area (Å²) in [5.74, 6) is 0.454. The van der Waals surface area contributed by atoms with Crippen molar-refractivity contribution >= 4 is 5.78 Å². The smallest absolute Gasteiger partial charge is 0.189 e. The third-order valence-corrected chi connectivity index (χ3v) is 4.69. The van der Waals surface area contributed by atoms with Gasteiger partial charge < -0.3 is 9.47 Å². The summed E-state index contributed by atoms with van der Waals surface area (Å²) < 4.78 is 11.6. The summed E-state index contributed by atoms with van der Waals surface area (Å²) in [6, 6.07) is 0. The van der Waals surface area contributed by atoms with E-state index in [0.717, 1.165) is 12.8 Å². The first-order valence-electron chi connectivity index (χ1n) is 7.30. The molecule has 0 aromatic carbocycles. The second kappa shape index (κ2) is 6.19. The molecule has 0 saturated heterocycles. The summed E-state index contributed by atoms with van der Waals surface area (Å²) in [7, 11) is 1.76. The standard InChI is InChI=1S/C16H28O3/c1-7-15(8-2,14(17)12(4)5)19-11-13-10-16(13,9-3)18-6/h13H,4,7-11H2,1-3,5-6H3. The van der Waals surface area contributed by atoms with E-state index in [1.54, 1.807) is 14.0 Å². The van der Waals surface area contributed by atoms with Crippen molar-refractivity contribution in [3.63, 3.8) is 0 Å². The van der Waals surface area contributed by atoms with Crippen molar-refractivity contribution in [2.45, 2.75) is 64.6 Å². The molecule has 0 spiro atoms. The minimum atomic E-state index is -0.693. The number of carbonyl (C=O) groups is 1. The zero-order chi connectivity index (χ0) is 14.7. The van der Waals surface area contributed by atoms with Crippen molar-refractivity contribution in [3.8, 4) is 0 Å². The predicted molar refractivity (Wildman–Crippen MR) is 77.2 cm³/mol. The van der Waals surface area contributed by atoms with Gasteiger partial charge in [-0.15, -0.1) is 0 Å². The molecule has 3 heteroatoms. The van der Waals surface area contributed by atoms with Crippen molar-refractivity contribution in [3.05, 3.63) is 12.2 Å². The number of ether oxygens (including phenoxy) is 2. The average molecular weight is 268 g/mol. The molecule has 0 bridgehead atoms. The van der Waals surface area contributed by atoms with Crippen LogP contribution in [0.3, 0.4) is 0 Å². The van der Waals surface area contributed by atoms with Crippen LogP contribution in [0.5, 0.6) is 0 Å². The van der Waals surface area contributed by atoms with E-state index in [1.165, 1.54) is 0 Å². The Hall–Kier alpha value is -0.670. The first-order valence-corrected chi connectivity index (χ1v) is 7.30. The van der Waals surface area contributed by atoms with E-state index in [4.69, 9.17) is 9.47 Å². The molecule has 2 unspecified atom stereocenters. The van der Waals surface area contributed by atoms with E-state index in [2.05, 4.69) is 13.5 Å². The van der Waals surface area contributed by atoms with E-state index in [9.17, 15) is 4.79 Å². The molecule has 0 N–H and O–H groups in total. The van der Waals surface area contributed by atoms with E-state index in [-0.39, 0.29) is 11.4 Å². The SMILES string of the molecule is C=C(C)C(=O)C(CC)(CC)OCC1CC1(CC)OC. The minimum Gasteiger partial charge on any atom is -0.378 e. The molecule has 0 aromatic heterocycles. The van der Waals surface area contributed by atoms with Gasteiger partial charge in [-0.05, 0) is 38.2 Å². The van der Waals surface area contributed by atoms with Gasteiger partial charge in [0, 0.05) is 13.0 Å². The van der Waals surface area contributed by atoms with Gasteiger partial charge in [0.15, 0.2) is 5.78 Å². The normalized spacial score (nSPS) is 26.3. The highest BCUT2D eigenvalue weighted by Gasteiger charge is 2.54. The molecule has 0 amide bonds. The molecule has 1 aliphatic rings. The number of ketones is 1. The number of carbonyl (C=O) groups excluding carboxylic acids is 1. The molecule has 19 heavy (non-hydrogen) atoms. The molecule has 0 heterocycles. The second-order valence-electron chi connectivity index (χ2n) is 5.65. The molecular formula is C16H28O3. The fraction of sp³-hybridized carbons (Fsp3) is 0.812. The molecule has 0 aromatic rings. The van der Waals surface area contributed by atoms with Gasteiger partial charge in [-0.2, -0.15) is 0 Å². The molecule has 1 aliphatic carbocycles. The van der Waals surface area contributed by atoms with Crippen molar-refractivity contribution in [2.75, 3.05) is 13.7 Å². The fourth-order valence-electron chi connectivity index (χ4n) is 2.89. The van der Waals surface area contributed by atoms with Gasteiger partial charge in [0.25, 0.3) is 0 Å². The summed E-state index contributed by atoms with van der Waals surface area (Å²) in [6.07, 6.45) is 3.41. The van der Waals surface area contributed by atoms with Crippen LogP contribution in [-0.4, -0.2) is 30.7 Å². The van der Waals surface area contributed by atoms with Crippen LogP contribution in [0.2, 0.25) is 0 Å². The summed E-state index contributed by atoms with van der Waals surface area (Å²) in [5.41, 5.74) is -0.130. The van der Waals surface area contributed by atoms with Crippen LogP contribution < -0.4 is 0 Å². The van der Waals surface area contributed by atoms with Gasteiger partial charge in [0.1, 0.15) is 5.60 Å². The van der Waals surface area contributed by atoms with E-state index >= 15 is 0 Å². The second-order valence-corrected chi connectivity index (χ2v) is 5.65. The molecular weight excluding hydrogens is 240 g/mol. The van der Waals surface area contributed by atoms with Gasteiger partial charge in [0.2, 0.25) is 0 Å². The third kappa shape index (κ3) is 3.09. The van der Waals surface area contributed by atoms with Gasteiger partial charge in [-0.1, -0.05) is 27.4 Å². The Balaban J connectivity index is 2.66. The Morgan fingerprint density at radius 2 is 1.95 bits per heavy atom. The van der Waals surface area contributed by atoms with E-state index in [1.807, 2.05) is 13.8 Å². The lowest BCUT2D eigenvalue weighted by molar-refractivity contribution is -0.143. The lowest BCUT2D eigenvalue weighted by atomic mass is 9.88. The van der Waals surface area contributed by atoms with Crippen LogP contribution in [-0.2, 0) is 14.3 Å². The molecule has 110 valence electrons. The predicted octanol–water partition coefficient (Wildman–Crippen LogP) is 3.52. The van der Waals surface area contributed by atoms with Crippen molar-refractivity contribution in [1.82, 2.24) is 0 Å². The highest BCUT2D eigenvalue weighted by atomic mass is 16.5. The Morgan fingerprint density at radius 1 is 1.37 bits per heavy atom. The first-order chi connectivity index (χ1) is 8.91. The van der Waals surface area contributed by atoms with Crippen LogP contribution in [0, 0.1) is 5.92 Å². The summed E-state index contributed by atoms with van der Waals surface area (Å²) in [6.45, 7) is 12.3. The Morgan fingerprint density at radius 3 is 2.26 bits per heavy atom. The monoisotopic (exact) mass is 268 g/mol. The van der Waals surface area contributed by atoms with Crippen molar-refractivity contribution in [2.24, 2.45) is 5.92 Å². The average Bonchev–Trinajstić information content (AvgIpc) is 3.14. The van der Waals surface area contributed by atoms with Gasteiger partial charge in [-0.25, -0.2) is 0 Å². The maximum atomic E-state index is 12.3. The highest BCUT2D eigenvalue weighted by Crippen LogP contribution is 2.49. The largest absolute Gasteiger partial charge is 0.378 e. The van der Waals surface area contributed by atoms with Gasteiger partial charge >= 0.3 is 0 Å². The summed E-state index contributed by atoms with van der Waals surface area (Å²) >= 11 is 0. The van der Waals surface area contributed by atoms with E-state index in [0.29, 0.717) is 30.9 Å². The molecule has 3 nitrogen and oxygen atoms in total. The zero-order valence-corrected chi connectivity index (χ0v) is 13.0. The van der Waals surface area contributed by atoms with Crippen LogP contribution in [0.4, 0.5) is 0 Å². The minimum absolute atomic E-state index is 0.0144. The van der Waals surface area contributed by atoms with Crippen LogP contribution in [0.1, 0.15) is 53.4 Å². The maximum absolute atomic E-state index is 12.3. The summed E-state index contributed by atoms with van der Waals surface area (Å²) in [5, 5.41) is 0. The fourth-order valence-corrected chi connectivity index (χ4v) is 2.89. The number of hydrogen-bond donors (Lipinski definition) is 0. The van der Waals surface area contributed by atoms with Crippen LogP contribution in [0.25, 0.3) is 0 Å². The van der Waals surface area contributed by atoms with Crippen molar-refractivity contribution < 1.29 is 14.3 Å². The van der Waals surface area contributed by atoms with Crippen molar-refractivity contribution in [1.29, 1.82) is 0 Å². The molecule has 1 fully saturated rings. The van der Waals surface area contributed by atoms with Crippen LogP contribution in [0.15, 0.2) is 12.2 Å². The van der Waals surface area contributed by atoms with Gasteiger partial charge in [-0.3, -0.25) is 4.79 Å². The van der Waals surface area contributed by atoms with E-state index < -0.39 is 5.60 Å². The number of rotatable bonds is 9. The lowest BCUT2D eigenvalue weighted by Crippen LogP contribution is -2.42. The highest BCUT2D eigenvalue weighted by molar-refractivity contribution is 6.00. The van der Waals surface area contributed by atoms with Crippen LogP contribution >= 0.6 is 0 Å². The summed E-state index contributed by atoms with van der Waals surface area (Å²) in [4.78, 5) is 12.3. The number of methoxy groups -OCH3 is 1. The molecule has 1 saturated carbocycles. The zero-order valence-electron chi connectivity index (χ0n) is 13.0. The lowest BCUT2D eigenvalue weighted by Gasteiger charge is -2.31. The quantitative estimate of drug-likeness (QED) is 0.600. The first kappa shape index (κ1) is 16.4. The topological polar surface area (TPSA) is 35.5 Å². The maximum Gasteiger partial charge on any atom is 0.189 e. The molecule has 0 radical (unpaired) electrons. The molecule has 1 rings (SSSR count). The molecule has 0 aliphatic heterocycles. The Kier molecular flexibility index (Phi) is 5.34. The number of Topliss-reactive ketones (excluding diaryl/α,β-unsaturated/α-hetero) is 1.